The van der Waals surface area contributed by atoms with Gasteiger partial charge in [-0.15, -0.1) is 11.3 Å². The van der Waals surface area contributed by atoms with E-state index in [-0.39, 0.29) is 11.5 Å². The number of aryl methyl sites for hydroxylation is 1. The Morgan fingerprint density at radius 3 is 2.30 bits per heavy atom. The van der Waals surface area contributed by atoms with Gasteiger partial charge in [-0.25, -0.2) is 4.98 Å². The van der Waals surface area contributed by atoms with E-state index in [2.05, 4.69) is 4.98 Å². The molecule has 0 saturated carbocycles. The van der Waals surface area contributed by atoms with Gasteiger partial charge in [-0.1, -0.05) is 60.7 Å². The van der Waals surface area contributed by atoms with Crippen molar-refractivity contribution < 1.29 is 4.79 Å². The second kappa shape index (κ2) is 8.63. The Kier molecular flexibility index (Phi) is 5.77. The number of benzene rings is 2. The first-order valence-corrected chi connectivity index (χ1v) is 10.8. The molecule has 2 heterocycles. The Morgan fingerprint density at radius 2 is 1.67 bits per heavy atom. The van der Waals surface area contributed by atoms with Crippen LogP contribution in [-0.2, 0) is 13.1 Å². The quantitative estimate of drug-likeness (QED) is 0.465. The summed E-state index contributed by atoms with van der Waals surface area (Å²) in [6.45, 7) is 5.39. The molecule has 0 unspecified atom stereocenters. The number of thiophene rings is 1. The van der Waals surface area contributed by atoms with Crippen LogP contribution in [0.3, 0.4) is 0 Å². The van der Waals surface area contributed by atoms with Gasteiger partial charge in [0.2, 0.25) is 0 Å². The molecule has 30 heavy (non-hydrogen) atoms. The zero-order chi connectivity index (χ0) is 21.1. The second-order valence-corrected chi connectivity index (χ2v) is 8.20. The maximum absolute atomic E-state index is 13.3. The first-order valence-electron chi connectivity index (χ1n) is 9.94. The van der Waals surface area contributed by atoms with Gasteiger partial charge in [-0.2, -0.15) is 0 Å². The SMILES string of the molecule is CCN(Cc1ccccc1)C(=O)c1sc2ncn(Cc3ccccc3)c(=O)c2c1C. The fraction of sp³-hybridized carbons (Fsp3) is 0.208. The summed E-state index contributed by atoms with van der Waals surface area (Å²) in [5.41, 5.74) is 2.72. The minimum atomic E-state index is -0.109. The first-order chi connectivity index (χ1) is 14.6. The predicted octanol–water partition coefficient (Wildman–Crippen LogP) is 4.48. The van der Waals surface area contributed by atoms with Gasteiger partial charge in [0.05, 0.1) is 23.1 Å². The Bertz CT molecular complexity index is 1230. The number of fused-ring (bicyclic) bond motifs is 1. The summed E-state index contributed by atoms with van der Waals surface area (Å²) < 4.78 is 1.60. The zero-order valence-electron chi connectivity index (χ0n) is 17.0. The number of carbonyl (C=O) groups excluding carboxylic acids is 1. The van der Waals surface area contributed by atoms with E-state index in [4.69, 9.17) is 0 Å². The number of hydrogen-bond acceptors (Lipinski definition) is 4. The molecule has 0 saturated heterocycles. The van der Waals surface area contributed by atoms with Crippen molar-refractivity contribution in [2.45, 2.75) is 26.9 Å². The largest absolute Gasteiger partial charge is 0.334 e. The lowest BCUT2D eigenvalue weighted by Gasteiger charge is -2.20. The van der Waals surface area contributed by atoms with Crippen LogP contribution in [0.2, 0.25) is 0 Å². The molecule has 2 aromatic carbocycles. The van der Waals surface area contributed by atoms with E-state index in [1.54, 1.807) is 15.8 Å². The van der Waals surface area contributed by atoms with Crippen molar-refractivity contribution in [3.8, 4) is 0 Å². The Labute approximate surface area is 179 Å². The summed E-state index contributed by atoms with van der Waals surface area (Å²) in [7, 11) is 0. The van der Waals surface area contributed by atoms with E-state index >= 15 is 0 Å². The molecule has 0 spiro atoms. The molecule has 152 valence electrons. The fourth-order valence-corrected chi connectivity index (χ4v) is 4.64. The highest BCUT2D eigenvalue weighted by Crippen LogP contribution is 2.28. The van der Waals surface area contributed by atoms with E-state index in [0.29, 0.717) is 40.3 Å². The Morgan fingerprint density at radius 1 is 1.03 bits per heavy atom. The average Bonchev–Trinajstić information content (AvgIpc) is 3.12. The standard InChI is InChI=1S/C24H23N3O2S/c1-3-26(14-18-10-6-4-7-11-18)24(29)21-17(2)20-22(30-21)25-16-27(23(20)28)15-19-12-8-5-9-13-19/h4-13,16H,3,14-15H2,1-2H3. The van der Waals surface area contributed by atoms with Gasteiger partial charge in [0, 0.05) is 13.1 Å². The predicted molar refractivity (Wildman–Crippen MR) is 121 cm³/mol. The molecular formula is C24H23N3O2S. The van der Waals surface area contributed by atoms with Gasteiger partial charge in [-0.3, -0.25) is 14.2 Å². The highest BCUT2D eigenvalue weighted by Gasteiger charge is 2.23. The lowest BCUT2D eigenvalue weighted by Crippen LogP contribution is -2.30. The molecule has 0 bridgehead atoms. The van der Waals surface area contributed by atoms with Crippen LogP contribution in [-0.4, -0.2) is 26.9 Å². The molecular weight excluding hydrogens is 394 g/mol. The maximum Gasteiger partial charge on any atom is 0.264 e. The van der Waals surface area contributed by atoms with Gasteiger partial charge in [0.25, 0.3) is 11.5 Å². The molecule has 0 fully saturated rings. The van der Waals surface area contributed by atoms with E-state index < -0.39 is 0 Å². The normalized spacial score (nSPS) is 11.0. The van der Waals surface area contributed by atoms with Crippen molar-refractivity contribution in [1.29, 1.82) is 0 Å². The summed E-state index contributed by atoms with van der Waals surface area (Å²) in [4.78, 5) is 33.9. The third-order valence-electron chi connectivity index (χ3n) is 5.19. The van der Waals surface area contributed by atoms with Crippen LogP contribution in [0, 0.1) is 6.92 Å². The summed E-state index contributed by atoms with van der Waals surface area (Å²) in [6.07, 6.45) is 1.57. The van der Waals surface area contributed by atoms with Crippen LogP contribution in [0.15, 0.2) is 71.8 Å². The molecule has 0 aliphatic carbocycles. The average molecular weight is 418 g/mol. The highest BCUT2D eigenvalue weighted by atomic mass is 32.1. The maximum atomic E-state index is 13.3. The van der Waals surface area contributed by atoms with Gasteiger partial charge < -0.3 is 4.90 Å². The molecule has 1 amide bonds. The van der Waals surface area contributed by atoms with E-state index in [9.17, 15) is 9.59 Å². The number of aromatic nitrogens is 2. The molecule has 0 aliphatic rings. The second-order valence-electron chi connectivity index (χ2n) is 7.20. The van der Waals surface area contributed by atoms with Crippen molar-refractivity contribution in [3.05, 3.63) is 98.9 Å². The van der Waals surface area contributed by atoms with Crippen molar-refractivity contribution >= 4 is 27.5 Å². The number of hydrogen-bond donors (Lipinski definition) is 0. The highest BCUT2D eigenvalue weighted by molar-refractivity contribution is 7.20. The summed E-state index contributed by atoms with van der Waals surface area (Å²) in [5.74, 6) is -0.0594. The molecule has 2 aromatic heterocycles. The number of nitrogens with zero attached hydrogens (tertiary/aromatic N) is 3. The molecule has 0 N–H and O–H groups in total. The van der Waals surface area contributed by atoms with Crippen LogP contribution in [0.25, 0.3) is 10.2 Å². The topological polar surface area (TPSA) is 55.2 Å². The molecule has 0 aliphatic heterocycles. The number of amides is 1. The van der Waals surface area contributed by atoms with Crippen LogP contribution in [0.4, 0.5) is 0 Å². The molecule has 0 radical (unpaired) electrons. The van der Waals surface area contributed by atoms with Crippen molar-refractivity contribution in [2.24, 2.45) is 0 Å². The molecule has 5 nitrogen and oxygen atoms in total. The third kappa shape index (κ3) is 3.91. The number of rotatable bonds is 6. The zero-order valence-corrected chi connectivity index (χ0v) is 17.9. The van der Waals surface area contributed by atoms with Gasteiger partial charge in [-0.05, 0) is 30.5 Å². The van der Waals surface area contributed by atoms with E-state index in [0.717, 1.165) is 11.1 Å². The minimum absolute atomic E-state index is 0.0594. The van der Waals surface area contributed by atoms with Crippen molar-refractivity contribution in [3.63, 3.8) is 0 Å². The van der Waals surface area contributed by atoms with E-state index in [1.165, 1.54) is 11.3 Å². The minimum Gasteiger partial charge on any atom is -0.334 e. The number of carbonyl (C=O) groups is 1. The summed E-state index contributed by atoms with van der Waals surface area (Å²) >= 11 is 1.30. The Hall–Kier alpha value is -3.25. The van der Waals surface area contributed by atoms with Crippen LogP contribution in [0.1, 0.15) is 33.3 Å². The van der Waals surface area contributed by atoms with Gasteiger partial charge >= 0.3 is 0 Å². The monoisotopic (exact) mass is 417 g/mol. The molecule has 6 heteroatoms. The third-order valence-corrected chi connectivity index (χ3v) is 6.38. The smallest absolute Gasteiger partial charge is 0.264 e. The van der Waals surface area contributed by atoms with Gasteiger partial charge in [0.15, 0.2) is 0 Å². The summed E-state index contributed by atoms with van der Waals surface area (Å²) in [5, 5.41) is 0.539. The molecule has 0 atom stereocenters. The van der Waals surface area contributed by atoms with Crippen LogP contribution < -0.4 is 5.56 Å². The first kappa shape index (κ1) is 20.0. The van der Waals surface area contributed by atoms with Crippen molar-refractivity contribution in [1.82, 2.24) is 14.5 Å². The fourth-order valence-electron chi connectivity index (χ4n) is 3.53. The lowest BCUT2D eigenvalue weighted by molar-refractivity contribution is 0.0757. The van der Waals surface area contributed by atoms with E-state index in [1.807, 2.05) is 74.5 Å². The van der Waals surface area contributed by atoms with Crippen LogP contribution >= 0.6 is 11.3 Å². The molecule has 4 aromatic rings. The van der Waals surface area contributed by atoms with Crippen molar-refractivity contribution in [2.75, 3.05) is 6.54 Å². The van der Waals surface area contributed by atoms with Crippen LogP contribution in [0.5, 0.6) is 0 Å². The molecule has 4 rings (SSSR count). The lowest BCUT2D eigenvalue weighted by atomic mass is 10.1. The Balaban J connectivity index is 1.68. The van der Waals surface area contributed by atoms with Gasteiger partial charge in [0.1, 0.15) is 4.83 Å². The summed E-state index contributed by atoms with van der Waals surface area (Å²) in [6, 6.07) is 19.7.